The Kier molecular flexibility index (Phi) is 8.03. The number of aryl methyl sites for hydroxylation is 1. The Morgan fingerprint density at radius 3 is 2.41 bits per heavy atom. The molecule has 1 amide bonds. The van der Waals surface area contributed by atoms with Crippen molar-refractivity contribution in [2.45, 2.75) is 44.9 Å². The first-order chi connectivity index (χ1) is 15.2. The molecule has 0 atom stereocenters. The van der Waals surface area contributed by atoms with Crippen LogP contribution in [0.1, 0.15) is 37.9 Å². The molecule has 1 aliphatic rings. The molecule has 3 rings (SSSR count). The van der Waals surface area contributed by atoms with Crippen LogP contribution in [0.5, 0.6) is 0 Å². The Hall–Kier alpha value is -1.87. The van der Waals surface area contributed by atoms with Gasteiger partial charge in [0.1, 0.15) is 5.15 Å². The summed E-state index contributed by atoms with van der Waals surface area (Å²) >= 11 is 12.5. The topological polar surface area (TPSA) is 82.6 Å². The fourth-order valence-electron chi connectivity index (χ4n) is 3.86. The van der Waals surface area contributed by atoms with E-state index in [4.69, 9.17) is 23.2 Å². The van der Waals surface area contributed by atoms with Gasteiger partial charge in [0.05, 0.1) is 22.7 Å². The standard InChI is InChI=1S/C22H28Cl2N4O3S/c1-4-28(5-2)32(30,31)16-8-9-20(27-10-6-7-11-27)19(13-16)26-21(29)14-17-18(23)12-15(3)25-22(17)24/h8-9,12-13H,4-7,10-11,14H2,1-3H3,(H,26,29). The predicted octanol–water partition coefficient (Wildman–Crippen LogP) is 4.51. The smallest absolute Gasteiger partial charge is 0.243 e. The number of sulfonamides is 1. The minimum Gasteiger partial charge on any atom is -0.370 e. The van der Waals surface area contributed by atoms with Crippen LogP contribution in [0.4, 0.5) is 11.4 Å². The molecular formula is C22H28Cl2N4O3S. The zero-order chi connectivity index (χ0) is 23.5. The summed E-state index contributed by atoms with van der Waals surface area (Å²) in [5, 5.41) is 3.44. The Morgan fingerprint density at radius 2 is 1.81 bits per heavy atom. The van der Waals surface area contributed by atoms with E-state index in [9.17, 15) is 13.2 Å². The second-order valence-electron chi connectivity index (χ2n) is 7.70. The number of hydrogen-bond acceptors (Lipinski definition) is 5. The summed E-state index contributed by atoms with van der Waals surface area (Å²) in [6.07, 6.45) is 2.03. The van der Waals surface area contributed by atoms with E-state index in [0.29, 0.717) is 35.1 Å². The number of anilines is 2. The molecule has 2 aromatic rings. The zero-order valence-electron chi connectivity index (χ0n) is 18.5. The quantitative estimate of drug-likeness (QED) is 0.541. The average Bonchev–Trinajstić information content (AvgIpc) is 3.26. The van der Waals surface area contributed by atoms with Crippen LogP contribution in [0.15, 0.2) is 29.2 Å². The van der Waals surface area contributed by atoms with Crippen molar-refractivity contribution in [2.24, 2.45) is 0 Å². The van der Waals surface area contributed by atoms with Crippen LogP contribution in [-0.2, 0) is 21.2 Å². The number of aromatic nitrogens is 1. The Morgan fingerprint density at radius 1 is 1.16 bits per heavy atom. The summed E-state index contributed by atoms with van der Waals surface area (Å²) in [5.74, 6) is -0.350. The maximum Gasteiger partial charge on any atom is 0.243 e. The summed E-state index contributed by atoms with van der Waals surface area (Å²) in [5.41, 5.74) is 2.35. The number of nitrogens with one attached hydrogen (secondary N) is 1. The minimum atomic E-state index is -3.67. The van der Waals surface area contributed by atoms with Crippen molar-refractivity contribution in [1.29, 1.82) is 0 Å². The maximum absolute atomic E-state index is 13.0. The van der Waals surface area contributed by atoms with Gasteiger partial charge in [-0.3, -0.25) is 4.79 Å². The summed E-state index contributed by atoms with van der Waals surface area (Å²) in [6.45, 7) is 7.80. The lowest BCUT2D eigenvalue weighted by Crippen LogP contribution is -2.31. The lowest BCUT2D eigenvalue weighted by Gasteiger charge is -2.24. The molecule has 0 bridgehead atoms. The van der Waals surface area contributed by atoms with E-state index >= 15 is 0 Å². The molecule has 1 saturated heterocycles. The van der Waals surface area contributed by atoms with E-state index in [0.717, 1.165) is 31.6 Å². The molecule has 7 nitrogen and oxygen atoms in total. The molecule has 1 fully saturated rings. The van der Waals surface area contributed by atoms with Gasteiger partial charge < -0.3 is 10.2 Å². The van der Waals surface area contributed by atoms with Crippen molar-refractivity contribution in [3.63, 3.8) is 0 Å². The van der Waals surface area contributed by atoms with Crippen molar-refractivity contribution in [3.8, 4) is 0 Å². The highest BCUT2D eigenvalue weighted by Crippen LogP contribution is 2.33. The second-order valence-corrected chi connectivity index (χ2v) is 10.4. The lowest BCUT2D eigenvalue weighted by molar-refractivity contribution is -0.115. The highest BCUT2D eigenvalue weighted by Gasteiger charge is 2.25. The first-order valence-corrected chi connectivity index (χ1v) is 12.9. The van der Waals surface area contributed by atoms with Gasteiger partial charge in [0, 0.05) is 42.5 Å². The third-order valence-corrected chi connectivity index (χ3v) is 8.21. The third kappa shape index (κ3) is 5.36. The van der Waals surface area contributed by atoms with Crippen LogP contribution in [0.2, 0.25) is 10.2 Å². The first-order valence-electron chi connectivity index (χ1n) is 10.7. The van der Waals surface area contributed by atoms with Crippen molar-refractivity contribution in [1.82, 2.24) is 9.29 Å². The highest BCUT2D eigenvalue weighted by atomic mass is 35.5. The van der Waals surface area contributed by atoms with E-state index in [1.165, 1.54) is 10.4 Å². The van der Waals surface area contributed by atoms with Gasteiger partial charge in [-0.1, -0.05) is 37.0 Å². The van der Waals surface area contributed by atoms with Gasteiger partial charge in [0.25, 0.3) is 0 Å². The monoisotopic (exact) mass is 498 g/mol. The summed E-state index contributed by atoms with van der Waals surface area (Å²) in [6, 6.07) is 6.57. The molecule has 1 N–H and O–H groups in total. The molecule has 0 spiro atoms. The molecule has 1 aromatic heterocycles. The maximum atomic E-state index is 13.0. The van der Waals surface area contributed by atoms with Gasteiger partial charge in [0.2, 0.25) is 15.9 Å². The van der Waals surface area contributed by atoms with Crippen LogP contribution in [-0.4, -0.2) is 49.8 Å². The zero-order valence-corrected chi connectivity index (χ0v) is 20.8. The van der Waals surface area contributed by atoms with E-state index in [-0.39, 0.29) is 22.4 Å². The number of pyridine rings is 1. The fourth-order valence-corrected chi connectivity index (χ4v) is 6.01. The van der Waals surface area contributed by atoms with Crippen LogP contribution in [0.25, 0.3) is 0 Å². The van der Waals surface area contributed by atoms with Gasteiger partial charge in [0.15, 0.2) is 0 Å². The Bertz CT molecular complexity index is 1080. The number of nitrogens with zero attached hydrogens (tertiary/aromatic N) is 3. The number of amides is 1. The molecule has 0 unspecified atom stereocenters. The molecule has 0 aliphatic carbocycles. The van der Waals surface area contributed by atoms with Crippen LogP contribution < -0.4 is 10.2 Å². The largest absolute Gasteiger partial charge is 0.370 e. The molecule has 2 heterocycles. The van der Waals surface area contributed by atoms with Crippen molar-refractivity contribution >= 4 is 50.5 Å². The average molecular weight is 499 g/mol. The molecule has 0 saturated carbocycles. The first kappa shape index (κ1) is 24.8. The molecule has 1 aliphatic heterocycles. The third-order valence-electron chi connectivity index (χ3n) is 5.52. The normalized spacial score (nSPS) is 14.2. The number of benzene rings is 1. The van der Waals surface area contributed by atoms with Crippen LogP contribution >= 0.6 is 23.2 Å². The number of hydrogen-bond donors (Lipinski definition) is 1. The number of halogens is 2. The molecule has 174 valence electrons. The van der Waals surface area contributed by atoms with Crippen molar-refractivity contribution in [3.05, 3.63) is 45.7 Å². The van der Waals surface area contributed by atoms with E-state index in [1.54, 1.807) is 39.0 Å². The SMILES string of the molecule is CCN(CC)S(=O)(=O)c1ccc(N2CCCC2)c(NC(=O)Cc2c(Cl)cc(C)nc2Cl)c1. The van der Waals surface area contributed by atoms with E-state index in [2.05, 4.69) is 15.2 Å². The summed E-state index contributed by atoms with van der Waals surface area (Å²) in [7, 11) is -3.67. The summed E-state index contributed by atoms with van der Waals surface area (Å²) < 4.78 is 27.5. The second kappa shape index (κ2) is 10.4. The fraction of sp³-hybridized carbons (Fsp3) is 0.455. The van der Waals surface area contributed by atoms with Gasteiger partial charge in [-0.25, -0.2) is 13.4 Å². The van der Waals surface area contributed by atoms with E-state index in [1.807, 2.05) is 0 Å². The van der Waals surface area contributed by atoms with Crippen molar-refractivity contribution < 1.29 is 13.2 Å². The molecule has 32 heavy (non-hydrogen) atoms. The Labute approximate surface area is 199 Å². The number of rotatable bonds is 8. The van der Waals surface area contributed by atoms with Crippen molar-refractivity contribution in [2.75, 3.05) is 36.4 Å². The predicted molar refractivity (Wildman–Crippen MR) is 129 cm³/mol. The number of carbonyl (C=O) groups is 1. The molecule has 10 heteroatoms. The lowest BCUT2D eigenvalue weighted by atomic mass is 10.1. The molecule has 0 radical (unpaired) electrons. The van der Waals surface area contributed by atoms with E-state index < -0.39 is 10.0 Å². The number of carbonyl (C=O) groups excluding carboxylic acids is 1. The van der Waals surface area contributed by atoms with Gasteiger partial charge in [-0.15, -0.1) is 0 Å². The minimum absolute atomic E-state index is 0.0720. The molecular weight excluding hydrogens is 471 g/mol. The van der Waals surface area contributed by atoms with Crippen LogP contribution in [0, 0.1) is 6.92 Å². The Balaban J connectivity index is 1.95. The molecule has 1 aromatic carbocycles. The van der Waals surface area contributed by atoms with Crippen LogP contribution in [0.3, 0.4) is 0 Å². The highest BCUT2D eigenvalue weighted by molar-refractivity contribution is 7.89. The van der Waals surface area contributed by atoms with Gasteiger partial charge >= 0.3 is 0 Å². The summed E-state index contributed by atoms with van der Waals surface area (Å²) in [4.78, 5) is 19.4. The van der Waals surface area contributed by atoms with Gasteiger partial charge in [-0.05, 0) is 44.0 Å². The van der Waals surface area contributed by atoms with Gasteiger partial charge in [-0.2, -0.15) is 4.31 Å².